The van der Waals surface area contributed by atoms with Crippen LogP contribution in [0.2, 0.25) is 0 Å². The van der Waals surface area contributed by atoms with Crippen LogP contribution in [0.3, 0.4) is 0 Å². The molecule has 0 aliphatic carbocycles. The number of rotatable bonds is 4. The van der Waals surface area contributed by atoms with Gasteiger partial charge in [0.2, 0.25) is 0 Å². The molecule has 0 radical (unpaired) electrons. The molecule has 2 aromatic carbocycles. The molecule has 2 rings (SSSR count). The third-order valence-corrected chi connectivity index (χ3v) is 3.37. The zero-order chi connectivity index (χ0) is 12.1. The maximum Gasteiger partial charge on any atom is 0.0209 e. The van der Waals surface area contributed by atoms with Crippen LogP contribution >= 0.6 is 0 Å². The fourth-order valence-corrected chi connectivity index (χ4v) is 2.30. The van der Waals surface area contributed by atoms with E-state index in [1.807, 2.05) is 6.08 Å². The summed E-state index contributed by atoms with van der Waals surface area (Å²) in [4.78, 5) is 0. The van der Waals surface area contributed by atoms with Gasteiger partial charge in [-0.05, 0) is 17.5 Å². The summed E-state index contributed by atoms with van der Waals surface area (Å²) < 4.78 is 0. The number of allylic oxidation sites excluding steroid dienone is 1. The molecular weight excluding hydrogens is 204 g/mol. The molecule has 0 N–H and O–H groups in total. The lowest BCUT2D eigenvalue weighted by Gasteiger charge is -2.29. The van der Waals surface area contributed by atoms with Gasteiger partial charge in [-0.2, -0.15) is 0 Å². The summed E-state index contributed by atoms with van der Waals surface area (Å²) in [7, 11) is 0. The van der Waals surface area contributed by atoms with E-state index in [9.17, 15) is 0 Å². The second-order valence-corrected chi connectivity index (χ2v) is 4.56. The molecule has 0 saturated carbocycles. The van der Waals surface area contributed by atoms with E-state index in [1.54, 1.807) is 0 Å². The predicted molar refractivity (Wildman–Crippen MR) is 74.2 cm³/mol. The van der Waals surface area contributed by atoms with Crippen LogP contribution in [0.1, 0.15) is 24.5 Å². The molecule has 2 aromatic rings. The summed E-state index contributed by atoms with van der Waals surface area (Å²) in [5.41, 5.74) is 2.70. The Morgan fingerprint density at radius 2 is 1.29 bits per heavy atom. The fraction of sp³-hybridized carbons (Fsp3) is 0.176. The second kappa shape index (κ2) is 5.01. The van der Waals surface area contributed by atoms with Crippen molar-refractivity contribution in [3.05, 3.63) is 84.4 Å². The van der Waals surface area contributed by atoms with Crippen molar-refractivity contribution in [2.45, 2.75) is 18.8 Å². The molecule has 0 amide bonds. The van der Waals surface area contributed by atoms with Crippen molar-refractivity contribution < 1.29 is 0 Å². The minimum atomic E-state index is 0.0181. The first-order valence-electron chi connectivity index (χ1n) is 5.99. The first-order chi connectivity index (χ1) is 8.27. The van der Waals surface area contributed by atoms with E-state index >= 15 is 0 Å². The Bertz CT molecular complexity index is 428. The van der Waals surface area contributed by atoms with E-state index in [-0.39, 0.29) is 5.41 Å². The van der Waals surface area contributed by atoms with E-state index in [2.05, 4.69) is 74.2 Å². The fourth-order valence-electron chi connectivity index (χ4n) is 2.30. The molecule has 0 saturated heterocycles. The van der Waals surface area contributed by atoms with Crippen molar-refractivity contribution in [2.24, 2.45) is 0 Å². The Labute approximate surface area is 104 Å². The first kappa shape index (κ1) is 11.7. The van der Waals surface area contributed by atoms with Crippen molar-refractivity contribution >= 4 is 0 Å². The molecule has 0 spiro atoms. The lowest BCUT2D eigenvalue weighted by Crippen LogP contribution is -2.22. The Morgan fingerprint density at radius 1 is 0.882 bits per heavy atom. The first-order valence-corrected chi connectivity index (χ1v) is 5.99. The van der Waals surface area contributed by atoms with Crippen molar-refractivity contribution in [1.29, 1.82) is 0 Å². The summed E-state index contributed by atoms with van der Waals surface area (Å²) in [5.74, 6) is 0. The second-order valence-electron chi connectivity index (χ2n) is 4.56. The zero-order valence-corrected chi connectivity index (χ0v) is 10.3. The van der Waals surface area contributed by atoms with Gasteiger partial charge in [-0.3, -0.25) is 0 Å². The average molecular weight is 222 g/mol. The summed E-state index contributed by atoms with van der Waals surface area (Å²) in [6.07, 6.45) is 2.95. The van der Waals surface area contributed by atoms with E-state index in [0.29, 0.717) is 0 Å². The van der Waals surface area contributed by atoms with Crippen LogP contribution in [0.4, 0.5) is 0 Å². The Hall–Kier alpha value is -1.82. The molecule has 0 atom stereocenters. The van der Waals surface area contributed by atoms with Crippen molar-refractivity contribution in [3.8, 4) is 0 Å². The van der Waals surface area contributed by atoms with Gasteiger partial charge in [0.05, 0.1) is 0 Å². The van der Waals surface area contributed by atoms with Gasteiger partial charge in [0.15, 0.2) is 0 Å². The van der Waals surface area contributed by atoms with Crippen molar-refractivity contribution in [3.63, 3.8) is 0 Å². The van der Waals surface area contributed by atoms with Crippen LogP contribution in [-0.2, 0) is 5.41 Å². The van der Waals surface area contributed by atoms with Crippen LogP contribution in [0, 0.1) is 0 Å². The maximum absolute atomic E-state index is 3.90. The third-order valence-electron chi connectivity index (χ3n) is 3.37. The third kappa shape index (κ3) is 2.31. The average Bonchev–Trinajstić information content (AvgIpc) is 2.41. The molecule has 0 aliphatic heterocycles. The van der Waals surface area contributed by atoms with Gasteiger partial charge >= 0.3 is 0 Å². The van der Waals surface area contributed by atoms with Crippen LogP contribution < -0.4 is 0 Å². The van der Waals surface area contributed by atoms with Gasteiger partial charge in [0.25, 0.3) is 0 Å². The van der Waals surface area contributed by atoms with Crippen LogP contribution in [0.15, 0.2) is 73.3 Å². The number of benzene rings is 2. The molecule has 0 heteroatoms. The lowest BCUT2D eigenvalue weighted by atomic mass is 9.74. The van der Waals surface area contributed by atoms with Crippen LogP contribution in [0.5, 0.6) is 0 Å². The molecular formula is C17H18. The molecule has 17 heavy (non-hydrogen) atoms. The molecule has 0 aromatic heterocycles. The monoisotopic (exact) mass is 222 g/mol. The zero-order valence-electron chi connectivity index (χ0n) is 10.3. The topological polar surface area (TPSA) is 0 Å². The largest absolute Gasteiger partial charge is 0.103 e. The summed E-state index contributed by atoms with van der Waals surface area (Å²) in [6, 6.07) is 21.3. The van der Waals surface area contributed by atoms with Crippen molar-refractivity contribution in [1.82, 2.24) is 0 Å². The quantitative estimate of drug-likeness (QED) is 0.665. The van der Waals surface area contributed by atoms with E-state index < -0.39 is 0 Å². The van der Waals surface area contributed by atoms with Gasteiger partial charge in [-0.1, -0.05) is 73.7 Å². The SMILES string of the molecule is C=CCC(C)(c1ccccc1)c1ccccc1. The number of hydrogen-bond acceptors (Lipinski definition) is 0. The predicted octanol–water partition coefficient (Wildman–Crippen LogP) is 4.57. The van der Waals surface area contributed by atoms with Crippen molar-refractivity contribution in [2.75, 3.05) is 0 Å². The Balaban J connectivity index is 2.50. The highest BCUT2D eigenvalue weighted by Crippen LogP contribution is 2.35. The molecule has 0 aliphatic rings. The maximum atomic E-state index is 3.90. The van der Waals surface area contributed by atoms with E-state index in [0.717, 1.165) is 6.42 Å². The molecule has 86 valence electrons. The van der Waals surface area contributed by atoms with Gasteiger partial charge in [0.1, 0.15) is 0 Å². The molecule has 0 nitrogen and oxygen atoms in total. The standard InChI is InChI=1S/C17H18/c1-3-14-17(2,15-10-6-4-7-11-15)16-12-8-5-9-13-16/h3-13H,1,14H2,2H3. The summed E-state index contributed by atoms with van der Waals surface area (Å²) in [6.45, 7) is 6.17. The summed E-state index contributed by atoms with van der Waals surface area (Å²) in [5, 5.41) is 0. The van der Waals surface area contributed by atoms with Gasteiger partial charge in [-0.15, -0.1) is 6.58 Å². The smallest absolute Gasteiger partial charge is 0.0209 e. The van der Waals surface area contributed by atoms with Crippen LogP contribution in [0.25, 0.3) is 0 Å². The Kier molecular flexibility index (Phi) is 3.43. The minimum Gasteiger partial charge on any atom is -0.103 e. The minimum absolute atomic E-state index is 0.0181. The normalized spacial score (nSPS) is 11.1. The van der Waals surface area contributed by atoms with E-state index in [4.69, 9.17) is 0 Å². The molecule has 0 heterocycles. The van der Waals surface area contributed by atoms with E-state index in [1.165, 1.54) is 11.1 Å². The highest BCUT2D eigenvalue weighted by molar-refractivity contribution is 5.38. The lowest BCUT2D eigenvalue weighted by molar-refractivity contribution is 0.581. The summed E-state index contributed by atoms with van der Waals surface area (Å²) >= 11 is 0. The van der Waals surface area contributed by atoms with Crippen LogP contribution in [-0.4, -0.2) is 0 Å². The van der Waals surface area contributed by atoms with Gasteiger partial charge in [0, 0.05) is 5.41 Å². The Morgan fingerprint density at radius 3 is 1.65 bits per heavy atom. The molecule has 0 bridgehead atoms. The van der Waals surface area contributed by atoms with Gasteiger partial charge < -0.3 is 0 Å². The van der Waals surface area contributed by atoms with Gasteiger partial charge in [-0.25, -0.2) is 0 Å². The highest BCUT2D eigenvalue weighted by atomic mass is 14.3. The molecule has 0 unspecified atom stereocenters. The number of hydrogen-bond donors (Lipinski definition) is 0. The molecule has 0 fully saturated rings. The highest BCUT2D eigenvalue weighted by Gasteiger charge is 2.26.